The molecule has 1 amide bonds. The van der Waals surface area contributed by atoms with Crippen molar-refractivity contribution >= 4 is 29.7 Å². The summed E-state index contributed by atoms with van der Waals surface area (Å²) < 4.78 is 0. The van der Waals surface area contributed by atoms with Crippen LogP contribution >= 0.6 is 23.7 Å². The lowest BCUT2D eigenvalue weighted by Gasteiger charge is -2.37. The molecule has 2 heterocycles. The number of rotatable bonds is 12. The van der Waals surface area contributed by atoms with Crippen molar-refractivity contribution in [1.29, 1.82) is 0 Å². The summed E-state index contributed by atoms with van der Waals surface area (Å²) in [6, 6.07) is 36.9. The van der Waals surface area contributed by atoms with Crippen LogP contribution in [0.15, 0.2) is 109 Å². The first-order valence-corrected chi connectivity index (χ1v) is 15.3. The van der Waals surface area contributed by atoms with Gasteiger partial charge in [-0.25, -0.2) is 0 Å². The van der Waals surface area contributed by atoms with Gasteiger partial charge in [0, 0.05) is 12.0 Å². The molecule has 3 nitrogen and oxygen atoms in total. The smallest absolute Gasteiger partial charge is 0.261 e. The molecule has 1 aliphatic rings. The van der Waals surface area contributed by atoms with Gasteiger partial charge in [0.25, 0.3) is 5.91 Å². The molecule has 1 aliphatic heterocycles. The van der Waals surface area contributed by atoms with E-state index >= 15 is 0 Å². The number of piperidine rings is 1. The van der Waals surface area contributed by atoms with Crippen LogP contribution in [0.4, 0.5) is 0 Å². The summed E-state index contributed by atoms with van der Waals surface area (Å²) in [4.78, 5) is 16.0. The fourth-order valence-electron chi connectivity index (χ4n) is 6.29. The van der Waals surface area contributed by atoms with E-state index < -0.39 is 0 Å². The average Bonchev–Trinajstić information content (AvgIpc) is 3.56. The maximum Gasteiger partial charge on any atom is 0.261 e. The van der Waals surface area contributed by atoms with Crippen molar-refractivity contribution in [3.05, 3.63) is 130 Å². The van der Waals surface area contributed by atoms with E-state index in [0.717, 1.165) is 37.1 Å². The first-order valence-electron chi connectivity index (χ1n) is 14.4. The third kappa shape index (κ3) is 7.63. The van der Waals surface area contributed by atoms with Gasteiger partial charge in [-0.15, -0.1) is 23.7 Å². The molecule has 1 fully saturated rings. The maximum absolute atomic E-state index is 12.5. The van der Waals surface area contributed by atoms with Gasteiger partial charge >= 0.3 is 0 Å². The molecule has 1 saturated heterocycles. The van der Waals surface area contributed by atoms with Crippen LogP contribution in [0.3, 0.4) is 0 Å². The number of carbonyl (C=O) groups excluding carboxylic acids is 1. The van der Waals surface area contributed by atoms with E-state index in [1.165, 1.54) is 54.0 Å². The lowest BCUT2D eigenvalue weighted by Crippen LogP contribution is -2.35. The van der Waals surface area contributed by atoms with Gasteiger partial charge in [0.1, 0.15) is 0 Å². The molecule has 1 N–H and O–H groups in total. The minimum Gasteiger partial charge on any atom is -0.351 e. The molecule has 0 bridgehead atoms. The molecular formula is C35H41ClN2OS. The molecule has 40 heavy (non-hydrogen) atoms. The molecule has 5 rings (SSSR count). The first-order chi connectivity index (χ1) is 19.2. The highest BCUT2D eigenvalue weighted by Gasteiger charge is 2.33. The van der Waals surface area contributed by atoms with E-state index in [0.29, 0.717) is 12.5 Å². The van der Waals surface area contributed by atoms with Crippen LogP contribution in [-0.4, -0.2) is 37.0 Å². The standard InChI is InChI=1S/C35H40N2OS.ClH/c38-34(33-19-10-28-39-33)36-24-11-22-35(31-15-6-2-7-16-31,32-17-8-3-9-18-32)23-12-25-37-26-20-30(21-27-37)29-13-4-1-5-14-29;/h1-10,13-19,28,30H,11-12,20-27H2,(H,36,38);1H. The molecule has 0 unspecified atom stereocenters. The van der Waals surface area contributed by atoms with Gasteiger partial charge in [0.2, 0.25) is 0 Å². The molecular weight excluding hydrogens is 532 g/mol. The van der Waals surface area contributed by atoms with Gasteiger partial charge in [-0.3, -0.25) is 4.79 Å². The molecule has 1 aromatic heterocycles. The third-order valence-electron chi connectivity index (χ3n) is 8.40. The number of halogens is 1. The lowest BCUT2D eigenvalue weighted by atomic mass is 9.68. The van der Waals surface area contributed by atoms with Crippen molar-refractivity contribution in [3.63, 3.8) is 0 Å². The van der Waals surface area contributed by atoms with Crippen LogP contribution < -0.4 is 5.32 Å². The fourth-order valence-corrected chi connectivity index (χ4v) is 6.93. The summed E-state index contributed by atoms with van der Waals surface area (Å²) in [5, 5.41) is 5.10. The molecule has 5 heteroatoms. The predicted octanol–water partition coefficient (Wildman–Crippen LogP) is 8.33. The molecule has 0 atom stereocenters. The van der Waals surface area contributed by atoms with Crippen LogP contribution in [0, 0.1) is 0 Å². The zero-order valence-electron chi connectivity index (χ0n) is 23.2. The minimum atomic E-state index is -0.0709. The highest BCUT2D eigenvalue weighted by molar-refractivity contribution is 7.12. The number of benzene rings is 3. The summed E-state index contributed by atoms with van der Waals surface area (Å²) in [5.74, 6) is 0.730. The summed E-state index contributed by atoms with van der Waals surface area (Å²) in [6.07, 6.45) is 6.68. The second-order valence-electron chi connectivity index (χ2n) is 10.8. The number of likely N-dealkylation sites (tertiary alicyclic amines) is 1. The number of thiophene rings is 1. The minimum absolute atomic E-state index is 0. The third-order valence-corrected chi connectivity index (χ3v) is 9.27. The van der Waals surface area contributed by atoms with Crippen LogP contribution in [0.25, 0.3) is 0 Å². The zero-order chi connectivity index (χ0) is 26.8. The van der Waals surface area contributed by atoms with Crippen LogP contribution in [-0.2, 0) is 5.41 Å². The molecule has 4 aromatic rings. The van der Waals surface area contributed by atoms with E-state index in [1.807, 2.05) is 17.5 Å². The van der Waals surface area contributed by atoms with Gasteiger partial charge in [-0.05, 0) is 92.2 Å². The number of carbonyl (C=O) groups is 1. The fraction of sp³-hybridized carbons (Fsp3) is 0.343. The van der Waals surface area contributed by atoms with Gasteiger partial charge in [0.15, 0.2) is 0 Å². The second kappa shape index (κ2) is 15.2. The highest BCUT2D eigenvalue weighted by Crippen LogP contribution is 2.41. The number of amides is 1. The van der Waals surface area contributed by atoms with Crippen LogP contribution in [0.2, 0.25) is 0 Å². The summed E-state index contributed by atoms with van der Waals surface area (Å²) in [7, 11) is 0. The summed E-state index contributed by atoms with van der Waals surface area (Å²) >= 11 is 1.49. The molecule has 0 saturated carbocycles. The molecule has 210 valence electrons. The van der Waals surface area contributed by atoms with Crippen LogP contribution in [0.5, 0.6) is 0 Å². The Morgan fingerprint density at radius 2 is 1.35 bits per heavy atom. The van der Waals surface area contributed by atoms with Crippen molar-refractivity contribution < 1.29 is 4.79 Å². The Balaban J connectivity index is 0.00000370. The lowest BCUT2D eigenvalue weighted by molar-refractivity contribution is 0.0956. The van der Waals surface area contributed by atoms with Crippen molar-refractivity contribution in [3.8, 4) is 0 Å². The zero-order valence-corrected chi connectivity index (χ0v) is 24.8. The van der Waals surface area contributed by atoms with Crippen LogP contribution in [0.1, 0.15) is 70.8 Å². The Kier molecular flexibility index (Phi) is 11.4. The van der Waals surface area contributed by atoms with E-state index in [-0.39, 0.29) is 23.7 Å². The van der Waals surface area contributed by atoms with Crippen molar-refractivity contribution in [2.24, 2.45) is 0 Å². The number of nitrogens with zero attached hydrogens (tertiary/aromatic N) is 1. The Morgan fingerprint density at radius 3 is 1.93 bits per heavy atom. The monoisotopic (exact) mass is 572 g/mol. The first kappa shape index (κ1) is 30.0. The quantitative estimate of drug-likeness (QED) is 0.173. The maximum atomic E-state index is 12.5. The highest BCUT2D eigenvalue weighted by atomic mass is 35.5. The van der Waals surface area contributed by atoms with Crippen molar-refractivity contribution in [2.45, 2.75) is 49.9 Å². The van der Waals surface area contributed by atoms with Gasteiger partial charge in [0.05, 0.1) is 4.88 Å². The normalized spacial score (nSPS) is 14.4. The Labute approximate surface area is 250 Å². The Bertz CT molecular complexity index is 1220. The molecule has 3 aromatic carbocycles. The topological polar surface area (TPSA) is 32.3 Å². The number of nitrogens with one attached hydrogen (secondary N) is 1. The molecule has 0 aliphatic carbocycles. The molecule has 0 spiro atoms. The Hall–Kier alpha value is -2.92. The average molecular weight is 573 g/mol. The van der Waals surface area contributed by atoms with Crippen molar-refractivity contribution in [1.82, 2.24) is 10.2 Å². The van der Waals surface area contributed by atoms with E-state index in [9.17, 15) is 4.79 Å². The van der Waals surface area contributed by atoms with Gasteiger partial charge in [-0.2, -0.15) is 0 Å². The number of hydrogen-bond acceptors (Lipinski definition) is 3. The van der Waals surface area contributed by atoms with Crippen molar-refractivity contribution in [2.75, 3.05) is 26.2 Å². The Morgan fingerprint density at radius 1 is 0.775 bits per heavy atom. The van der Waals surface area contributed by atoms with E-state index in [2.05, 4.69) is 101 Å². The second-order valence-corrected chi connectivity index (χ2v) is 11.7. The molecule has 0 radical (unpaired) electrons. The SMILES string of the molecule is Cl.O=C(NCCCC(CCCN1CCC(c2ccccc2)CC1)(c1ccccc1)c1ccccc1)c1cccs1. The van der Waals surface area contributed by atoms with E-state index in [1.54, 1.807) is 0 Å². The van der Waals surface area contributed by atoms with E-state index in [4.69, 9.17) is 0 Å². The summed E-state index contributed by atoms with van der Waals surface area (Å²) in [5.41, 5.74) is 4.18. The summed E-state index contributed by atoms with van der Waals surface area (Å²) in [6.45, 7) is 4.18. The number of hydrogen-bond donors (Lipinski definition) is 1. The largest absolute Gasteiger partial charge is 0.351 e. The predicted molar refractivity (Wildman–Crippen MR) is 171 cm³/mol. The van der Waals surface area contributed by atoms with Gasteiger partial charge in [-0.1, -0.05) is 97.1 Å². The van der Waals surface area contributed by atoms with Gasteiger partial charge < -0.3 is 10.2 Å².